The van der Waals surface area contributed by atoms with Crippen LogP contribution in [0.5, 0.6) is 11.5 Å². The summed E-state index contributed by atoms with van der Waals surface area (Å²) in [4.78, 5) is 0. The molecule has 2 N–H and O–H groups in total. The Balaban J connectivity index is 2.05. The molecule has 3 heteroatoms. The first-order valence-electron chi connectivity index (χ1n) is 6.44. The van der Waals surface area contributed by atoms with E-state index in [1.807, 2.05) is 12.1 Å². The zero-order valence-corrected chi connectivity index (χ0v) is 10.6. The van der Waals surface area contributed by atoms with Gasteiger partial charge in [0.25, 0.3) is 0 Å². The number of phenols is 1. The van der Waals surface area contributed by atoms with Crippen molar-refractivity contribution in [2.45, 2.75) is 45.2 Å². The summed E-state index contributed by atoms with van der Waals surface area (Å²) >= 11 is 0. The number of nitrogens with one attached hydrogen (secondary N) is 1. The molecule has 1 heterocycles. The normalized spacial score (nSPS) is 18.9. The quantitative estimate of drug-likeness (QED) is 0.842. The van der Waals surface area contributed by atoms with Gasteiger partial charge in [0.05, 0.1) is 0 Å². The van der Waals surface area contributed by atoms with Gasteiger partial charge in [0, 0.05) is 17.6 Å². The zero-order chi connectivity index (χ0) is 12.3. The highest BCUT2D eigenvalue weighted by molar-refractivity contribution is 5.45. The third-order valence-corrected chi connectivity index (χ3v) is 3.46. The zero-order valence-electron chi connectivity index (χ0n) is 10.6. The summed E-state index contributed by atoms with van der Waals surface area (Å²) in [5.74, 6) is 1.17. The van der Waals surface area contributed by atoms with Crippen molar-refractivity contribution in [3.8, 4) is 11.5 Å². The minimum Gasteiger partial charge on any atom is -0.508 e. The second kappa shape index (κ2) is 5.41. The molecule has 1 aliphatic heterocycles. The number of aromatic hydroxyl groups is 1. The molecule has 0 aromatic heterocycles. The molecule has 94 valence electrons. The lowest BCUT2D eigenvalue weighted by atomic mass is 10.00. The average Bonchev–Trinajstić information content (AvgIpc) is 2.37. The molecule has 3 nitrogen and oxygen atoms in total. The molecule has 1 aromatic rings. The highest BCUT2D eigenvalue weighted by atomic mass is 16.5. The summed E-state index contributed by atoms with van der Waals surface area (Å²) in [6.45, 7) is 5.07. The fourth-order valence-electron chi connectivity index (χ4n) is 2.35. The number of benzene rings is 1. The van der Waals surface area contributed by atoms with Crippen LogP contribution in [-0.4, -0.2) is 23.8 Å². The van der Waals surface area contributed by atoms with Crippen LogP contribution in [-0.2, 0) is 6.42 Å². The minimum absolute atomic E-state index is 0.306. The molecule has 1 atom stereocenters. The second-order valence-corrected chi connectivity index (χ2v) is 4.65. The van der Waals surface area contributed by atoms with Gasteiger partial charge in [0.15, 0.2) is 0 Å². The minimum atomic E-state index is 0.306. The van der Waals surface area contributed by atoms with Crippen molar-refractivity contribution < 1.29 is 9.84 Å². The molecule has 0 saturated heterocycles. The third kappa shape index (κ3) is 2.72. The Kier molecular flexibility index (Phi) is 3.89. The van der Waals surface area contributed by atoms with Crippen LogP contribution in [0.2, 0.25) is 0 Å². The topological polar surface area (TPSA) is 41.5 Å². The summed E-state index contributed by atoms with van der Waals surface area (Å²) < 4.78 is 5.68. The maximum atomic E-state index is 9.81. The maximum Gasteiger partial charge on any atom is 0.126 e. The van der Waals surface area contributed by atoms with Gasteiger partial charge in [0.1, 0.15) is 18.1 Å². The van der Waals surface area contributed by atoms with Crippen LogP contribution in [0.1, 0.15) is 32.3 Å². The van der Waals surface area contributed by atoms with Crippen LogP contribution >= 0.6 is 0 Å². The van der Waals surface area contributed by atoms with Crippen molar-refractivity contribution in [3.05, 3.63) is 23.8 Å². The number of fused-ring (bicyclic) bond motifs is 1. The highest BCUT2D eigenvalue weighted by Gasteiger charge is 2.23. The molecular formula is C14H21NO2. The Labute approximate surface area is 103 Å². The smallest absolute Gasteiger partial charge is 0.126 e. The number of rotatable bonds is 4. The van der Waals surface area contributed by atoms with E-state index in [0.29, 0.717) is 24.4 Å². The summed E-state index contributed by atoms with van der Waals surface area (Å²) in [6, 6.07) is 6.31. The molecule has 17 heavy (non-hydrogen) atoms. The van der Waals surface area contributed by atoms with Crippen molar-refractivity contribution in [3.63, 3.8) is 0 Å². The lowest BCUT2D eigenvalue weighted by Crippen LogP contribution is -2.44. The van der Waals surface area contributed by atoms with Crippen LogP contribution in [0.3, 0.4) is 0 Å². The molecule has 1 aliphatic rings. The number of ether oxygens (including phenoxy) is 1. The van der Waals surface area contributed by atoms with Gasteiger partial charge in [-0.1, -0.05) is 19.9 Å². The fourth-order valence-corrected chi connectivity index (χ4v) is 2.35. The van der Waals surface area contributed by atoms with Gasteiger partial charge >= 0.3 is 0 Å². The molecule has 0 amide bonds. The van der Waals surface area contributed by atoms with Gasteiger partial charge in [0.2, 0.25) is 0 Å². The molecule has 2 rings (SSSR count). The lowest BCUT2D eigenvalue weighted by Gasteiger charge is -2.29. The van der Waals surface area contributed by atoms with Gasteiger partial charge in [-0.15, -0.1) is 0 Å². The van der Waals surface area contributed by atoms with Gasteiger partial charge in [-0.25, -0.2) is 0 Å². The Hall–Kier alpha value is -1.22. The largest absolute Gasteiger partial charge is 0.508 e. The summed E-state index contributed by atoms with van der Waals surface area (Å²) in [5, 5.41) is 13.4. The van der Waals surface area contributed by atoms with Crippen molar-refractivity contribution >= 4 is 0 Å². The molecule has 0 bridgehead atoms. The second-order valence-electron chi connectivity index (χ2n) is 4.65. The Bertz CT molecular complexity index is 374. The lowest BCUT2D eigenvalue weighted by molar-refractivity contribution is 0.221. The predicted molar refractivity (Wildman–Crippen MR) is 68.6 cm³/mol. The van der Waals surface area contributed by atoms with Crippen molar-refractivity contribution in [2.24, 2.45) is 0 Å². The van der Waals surface area contributed by atoms with Crippen LogP contribution < -0.4 is 10.1 Å². The molecule has 0 radical (unpaired) electrons. The average molecular weight is 235 g/mol. The fraction of sp³-hybridized carbons (Fsp3) is 0.571. The maximum absolute atomic E-state index is 9.81. The van der Waals surface area contributed by atoms with Gasteiger partial charge < -0.3 is 15.2 Å². The molecule has 0 spiro atoms. The molecule has 0 fully saturated rings. The van der Waals surface area contributed by atoms with E-state index in [9.17, 15) is 5.11 Å². The first kappa shape index (κ1) is 12.2. The molecule has 0 saturated carbocycles. The van der Waals surface area contributed by atoms with Crippen LogP contribution in [0.4, 0.5) is 0 Å². The molecular weight excluding hydrogens is 214 g/mol. The number of hydrogen-bond acceptors (Lipinski definition) is 3. The van der Waals surface area contributed by atoms with Crippen LogP contribution in [0, 0.1) is 0 Å². The van der Waals surface area contributed by atoms with Crippen LogP contribution in [0.25, 0.3) is 0 Å². The standard InChI is InChI=1S/C14H21NO2/c1-3-10(4-2)15-11-8-12-13(16)6-5-7-14(12)17-9-11/h5-7,10-11,15-16H,3-4,8-9H2,1-2H3. The Morgan fingerprint density at radius 2 is 2.18 bits per heavy atom. The van der Waals surface area contributed by atoms with Crippen molar-refractivity contribution in [1.82, 2.24) is 5.32 Å². The van der Waals surface area contributed by atoms with E-state index in [-0.39, 0.29) is 0 Å². The first-order chi connectivity index (χ1) is 8.24. The van der Waals surface area contributed by atoms with E-state index < -0.39 is 0 Å². The monoisotopic (exact) mass is 235 g/mol. The van der Waals surface area contributed by atoms with E-state index in [1.165, 1.54) is 0 Å². The summed E-state index contributed by atoms with van der Waals surface area (Å²) in [5.41, 5.74) is 0.933. The van der Waals surface area contributed by atoms with E-state index in [4.69, 9.17) is 4.74 Å². The van der Waals surface area contributed by atoms with E-state index in [1.54, 1.807) is 6.07 Å². The Morgan fingerprint density at radius 1 is 1.41 bits per heavy atom. The number of phenolic OH excluding ortho intramolecular Hbond substituents is 1. The van der Waals surface area contributed by atoms with Gasteiger partial charge in [-0.3, -0.25) is 0 Å². The summed E-state index contributed by atoms with van der Waals surface area (Å²) in [6.07, 6.45) is 3.10. The van der Waals surface area contributed by atoms with Crippen molar-refractivity contribution in [2.75, 3.05) is 6.61 Å². The summed E-state index contributed by atoms with van der Waals surface area (Å²) in [7, 11) is 0. The molecule has 1 unspecified atom stereocenters. The number of hydrogen-bond donors (Lipinski definition) is 2. The molecule has 0 aliphatic carbocycles. The third-order valence-electron chi connectivity index (χ3n) is 3.46. The van der Waals surface area contributed by atoms with Crippen molar-refractivity contribution in [1.29, 1.82) is 0 Å². The SMILES string of the molecule is CCC(CC)NC1COc2cccc(O)c2C1. The Morgan fingerprint density at radius 3 is 2.88 bits per heavy atom. The predicted octanol–water partition coefficient (Wildman–Crippen LogP) is 2.47. The van der Waals surface area contributed by atoms with Crippen LogP contribution in [0.15, 0.2) is 18.2 Å². The van der Waals surface area contributed by atoms with Gasteiger partial charge in [-0.2, -0.15) is 0 Å². The van der Waals surface area contributed by atoms with E-state index >= 15 is 0 Å². The highest BCUT2D eigenvalue weighted by Crippen LogP contribution is 2.31. The van der Waals surface area contributed by atoms with E-state index in [2.05, 4.69) is 19.2 Å². The molecule has 1 aromatic carbocycles. The van der Waals surface area contributed by atoms with E-state index in [0.717, 1.165) is 30.6 Å². The van der Waals surface area contributed by atoms with Gasteiger partial charge in [-0.05, 0) is 31.4 Å². The first-order valence-corrected chi connectivity index (χ1v) is 6.44.